The van der Waals surface area contributed by atoms with Gasteiger partial charge in [0.1, 0.15) is 0 Å². The molecule has 10 heteroatoms. The van der Waals surface area contributed by atoms with Gasteiger partial charge in [0, 0.05) is 45.8 Å². The topological polar surface area (TPSA) is 111 Å². The normalized spacial score (nSPS) is 22.7. The smallest absolute Gasteiger partial charge is 0.264 e. The molecule has 0 aliphatic carbocycles. The maximum Gasteiger partial charge on any atom is 0.264 e. The minimum Gasteiger partial charge on any atom is -0.432 e. The van der Waals surface area contributed by atoms with Crippen LogP contribution in [-0.4, -0.2) is 48.7 Å². The van der Waals surface area contributed by atoms with Crippen LogP contribution in [0.4, 0.5) is 28.4 Å². The summed E-state index contributed by atoms with van der Waals surface area (Å²) in [5.74, 6) is -0.885. The fourth-order valence-electron chi connectivity index (χ4n) is 10.0. The number of aliphatic hydroxyl groups excluding tert-OH is 1. The molecule has 4 aliphatic rings. The van der Waals surface area contributed by atoms with Crippen molar-refractivity contribution >= 4 is 76.0 Å². The van der Waals surface area contributed by atoms with E-state index >= 15 is 4.79 Å². The number of aliphatic hydroxyl groups is 1. The number of fused-ring (bicyclic) bond motifs is 2. The Kier molecular flexibility index (Phi) is 7.34. The van der Waals surface area contributed by atoms with Gasteiger partial charge < -0.3 is 19.5 Å². The number of amides is 3. The Labute approximate surface area is 319 Å². The van der Waals surface area contributed by atoms with Gasteiger partial charge in [0.05, 0.1) is 40.8 Å². The average Bonchev–Trinajstić information content (AvgIpc) is 3.82. The quantitative estimate of drug-likeness (QED) is 0.159. The summed E-state index contributed by atoms with van der Waals surface area (Å²) < 4.78 is 6.91. The van der Waals surface area contributed by atoms with Gasteiger partial charge in [-0.05, 0) is 90.4 Å². The third kappa shape index (κ3) is 4.66. The zero-order chi connectivity index (χ0) is 38.0. The van der Waals surface area contributed by atoms with E-state index in [1.165, 1.54) is 0 Å². The maximum atomic E-state index is 15.1. The fourth-order valence-corrected chi connectivity index (χ4v) is 12.6. The molecule has 10 rings (SSSR count). The zero-order valence-electron chi connectivity index (χ0n) is 30.7. The van der Waals surface area contributed by atoms with E-state index in [1.54, 1.807) is 14.7 Å². The second kappa shape index (κ2) is 11.9. The third-order valence-corrected chi connectivity index (χ3v) is 14.8. The molecule has 3 amide bonds. The van der Waals surface area contributed by atoms with E-state index in [9.17, 15) is 19.5 Å². The summed E-state index contributed by atoms with van der Waals surface area (Å²) in [6.45, 7) is 5.79. The van der Waals surface area contributed by atoms with Crippen LogP contribution in [0.2, 0.25) is 18.6 Å². The lowest BCUT2D eigenvalue weighted by Crippen LogP contribution is -2.46. The maximum absolute atomic E-state index is 15.1. The van der Waals surface area contributed by atoms with Gasteiger partial charge in [0.15, 0.2) is 13.9 Å². The molecule has 4 heterocycles. The average molecular weight is 746 g/mol. The van der Waals surface area contributed by atoms with Gasteiger partial charge in [-0.2, -0.15) is 0 Å². The van der Waals surface area contributed by atoms with Crippen molar-refractivity contribution < 1.29 is 29.0 Å². The highest BCUT2D eigenvalue weighted by atomic mass is 28.4. The van der Waals surface area contributed by atoms with Crippen LogP contribution in [0.3, 0.4) is 0 Å². The van der Waals surface area contributed by atoms with Gasteiger partial charge >= 0.3 is 0 Å². The fraction of sp³-hybridized carbons (Fsp3) is 0.222. The molecule has 6 aromatic carbocycles. The van der Waals surface area contributed by atoms with Gasteiger partial charge in [0.2, 0.25) is 0 Å². The van der Waals surface area contributed by atoms with Crippen LogP contribution in [0.25, 0.3) is 21.5 Å². The molecule has 55 heavy (non-hydrogen) atoms. The number of nitrogens with zero attached hydrogens (tertiary/aromatic N) is 3. The van der Waals surface area contributed by atoms with Crippen molar-refractivity contribution in [3.8, 4) is 0 Å². The van der Waals surface area contributed by atoms with Crippen molar-refractivity contribution in [3.05, 3.63) is 138 Å². The van der Waals surface area contributed by atoms with Crippen LogP contribution in [0.1, 0.15) is 45.2 Å². The van der Waals surface area contributed by atoms with Crippen LogP contribution in [0.5, 0.6) is 0 Å². The molecule has 9 nitrogen and oxygen atoms in total. The van der Waals surface area contributed by atoms with E-state index in [2.05, 4.69) is 0 Å². The first-order valence-corrected chi connectivity index (χ1v) is 21.8. The van der Waals surface area contributed by atoms with Gasteiger partial charge in [-0.25, -0.2) is 0 Å². The highest BCUT2D eigenvalue weighted by molar-refractivity contribution is 6.71. The standard InChI is InChI=1S/C45H39N3O6Si/c1-26-41(55(2,3)53)38(22-23-49)54-45(26)34-24-31(48-37-15-7-11-29-9-5-13-33(40(29)37)43(48)51)20-21-35(34)46(44(45)52)25-27-16-18-30(19-17-27)47-36-14-6-10-28-8-4-12-32(39(28)36)42(47)50/h4-21,24,26,38,41,49,53H,22-23,25H2,1-3H3/t26-,38+,41-,45+/m1/s1. The molecule has 0 saturated carbocycles. The molecule has 274 valence electrons. The summed E-state index contributed by atoms with van der Waals surface area (Å²) in [5.41, 5.74) is 4.67. The number of anilines is 5. The zero-order valence-corrected chi connectivity index (χ0v) is 31.7. The van der Waals surface area contributed by atoms with Crippen molar-refractivity contribution in [1.29, 1.82) is 0 Å². The highest BCUT2D eigenvalue weighted by Gasteiger charge is 2.66. The lowest BCUT2D eigenvalue weighted by atomic mass is 9.82. The molecule has 4 aliphatic heterocycles. The van der Waals surface area contributed by atoms with E-state index in [0.717, 1.165) is 44.2 Å². The highest BCUT2D eigenvalue weighted by Crippen LogP contribution is 2.60. The van der Waals surface area contributed by atoms with Crippen LogP contribution in [0, 0.1) is 5.92 Å². The monoisotopic (exact) mass is 745 g/mol. The molecule has 0 unspecified atom stereocenters. The number of carbonyl (C=O) groups is 3. The number of hydrogen-bond donors (Lipinski definition) is 2. The minimum atomic E-state index is -2.92. The summed E-state index contributed by atoms with van der Waals surface area (Å²) in [6.07, 6.45) is -0.254. The van der Waals surface area contributed by atoms with Crippen molar-refractivity contribution in [2.45, 2.75) is 50.2 Å². The largest absolute Gasteiger partial charge is 0.432 e. The number of benzene rings is 6. The predicted octanol–water partition coefficient (Wildman–Crippen LogP) is 8.30. The minimum absolute atomic E-state index is 0.0773. The number of ether oxygens (including phenoxy) is 1. The van der Waals surface area contributed by atoms with Crippen molar-refractivity contribution in [3.63, 3.8) is 0 Å². The van der Waals surface area contributed by atoms with Crippen molar-refractivity contribution in [2.24, 2.45) is 5.92 Å². The molecule has 1 fully saturated rings. The molecule has 1 saturated heterocycles. The lowest BCUT2D eigenvalue weighted by molar-refractivity contribution is -0.146. The van der Waals surface area contributed by atoms with Gasteiger partial charge in [-0.15, -0.1) is 0 Å². The Bertz CT molecular complexity index is 2630. The summed E-state index contributed by atoms with van der Waals surface area (Å²) in [4.78, 5) is 59.6. The Hall–Kier alpha value is -5.65. The van der Waals surface area contributed by atoms with E-state index < -0.39 is 25.9 Å². The van der Waals surface area contributed by atoms with Crippen LogP contribution >= 0.6 is 0 Å². The van der Waals surface area contributed by atoms with Gasteiger partial charge in [-0.3, -0.25) is 24.2 Å². The van der Waals surface area contributed by atoms with Crippen LogP contribution in [-0.2, 0) is 21.7 Å². The Morgan fingerprint density at radius 3 is 1.82 bits per heavy atom. The van der Waals surface area contributed by atoms with E-state index in [0.29, 0.717) is 28.1 Å². The molecular weight excluding hydrogens is 707 g/mol. The predicted molar refractivity (Wildman–Crippen MR) is 216 cm³/mol. The second-order valence-electron chi connectivity index (χ2n) is 15.8. The summed E-state index contributed by atoms with van der Waals surface area (Å²) in [6, 6.07) is 36.7. The third-order valence-electron chi connectivity index (χ3n) is 12.3. The Morgan fingerprint density at radius 2 is 1.25 bits per heavy atom. The Morgan fingerprint density at radius 1 is 0.709 bits per heavy atom. The molecule has 1 spiro atoms. The first kappa shape index (κ1) is 33.9. The number of carbonyl (C=O) groups excluding carboxylic acids is 3. The van der Waals surface area contributed by atoms with Crippen molar-refractivity contribution in [2.75, 3.05) is 21.3 Å². The molecule has 0 bridgehead atoms. The SMILES string of the molecule is C[C@@H]1[C@@H]([Si](C)(C)O)[C@H](CCO)O[C@@]12C(=O)N(Cc1ccc(N3C(=O)c4cccc5cccc3c45)cc1)c1ccc(N3C(=O)c4cccc5cccc3c45)cc12. The van der Waals surface area contributed by atoms with Gasteiger partial charge in [-0.1, -0.05) is 67.6 Å². The van der Waals surface area contributed by atoms with Crippen LogP contribution < -0.4 is 14.7 Å². The second-order valence-corrected chi connectivity index (χ2v) is 19.7. The van der Waals surface area contributed by atoms with Crippen molar-refractivity contribution in [1.82, 2.24) is 0 Å². The van der Waals surface area contributed by atoms with Crippen LogP contribution in [0.15, 0.2) is 115 Å². The van der Waals surface area contributed by atoms with Gasteiger partial charge in [0.25, 0.3) is 17.7 Å². The molecule has 2 N–H and O–H groups in total. The van der Waals surface area contributed by atoms with E-state index in [1.807, 2.05) is 135 Å². The summed E-state index contributed by atoms with van der Waals surface area (Å²) in [5, 5.41) is 13.9. The number of hydrogen-bond acceptors (Lipinski definition) is 6. The molecular formula is C45H39N3O6Si. The lowest BCUT2D eigenvalue weighted by Gasteiger charge is -2.32. The summed E-state index contributed by atoms with van der Waals surface area (Å²) in [7, 11) is -2.92. The molecule has 4 atom stereocenters. The molecule has 0 radical (unpaired) electrons. The summed E-state index contributed by atoms with van der Waals surface area (Å²) >= 11 is 0. The molecule has 0 aromatic heterocycles. The first-order chi connectivity index (χ1) is 26.5. The Balaban J connectivity index is 1.05. The van der Waals surface area contributed by atoms with E-state index in [-0.39, 0.29) is 42.8 Å². The molecule has 6 aromatic rings. The van der Waals surface area contributed by atoms with E-state index in [4.69, 9.17) is 4.74 Å². The number of rotatable bonds is 7. The first-order valence-electron chi connectivity index (χ1n) is 18.8.